The summed E-state index contributed by atoms with van der Waals surface area (Å²) in [6.07, 6.45) is 0. The average molecular weight is 129 g/mol. The van der Waals surface area contributed by atoms with E-state index in [2.05, 4.69) is 0 Å². The molecule has 0 aliphatic carbocycles. The van der Waals surface area contributed by atoms with Crippen molar-refractivity contribution in [2.24, 2.45) is 0 Å². The van der Waals surface area contributed by atoms with Gasteiger partial charge in [-0.25, -0.2) is 0 Å². The first kappa shape index (κ1) is 17.4. The van der Waals surface area contributed by atoms with Gasteiger partial charge in [0.1, 0.15) is 0 Å². The summed E-state index contributed by atoms with van der Waals surface area (Å²) in [5.41, 5.74) is 0. The van der Waals surface area contributed by atoms with Crippen molar-refractivity contribution in [3.05, 3.63) is 6.57 Å². The summed E-state index contributed by atoms with van der Waals surface area (Å²) < 4.78 is 0. The Bertz CT molecular complexity index is 12.8. The van der Waals surface area contributed by atoms with Crippen molar-refractivity contribution in [2.75, 3.05) is 0 Å². The Balaban J connectivity index is -0.00000000500. The predicted molar refractivity (Wildman–Crippen MR) is 4.97 cm³/mol. The molecule has 0 aliphatic heterocycles. The normalized spacial score (nSPS) is 0.500. The van der Waals surface area contributed by atoms with Crippen molar-refractivity contribution in [2.45, 2.75) is 0 Å². The van der Waals surface area contributed by atoms with Crippen LogP contribution < -0.4 is 51.4 Å². The molecule has 0 unspecified atom stereocenters. The first-order chi connectivity index (χ1) is 1.00. The molecule has 20 valence electrons. The Labute approximate surface area is 78.7 Å². The van der Waals surface area contributed by atoms with E-state index in [0.29, 0.717) is 0 Å². The van der Waals surface area contributed by atoms with Crippen molar-refractivity contribution < 1.29 is 68.5 Å². The zero-order chi connectivity index (χ0) is 2.00. The van der Waals surface area contributed by atoms with E-state index in [1.54, 1.807) is 0 Å². The topological polar surface area (TPSA) is 23.8 Å². The SMILES string of the molecule is [C-]#N.[Cu+].[K+]. The average Bonchev–Trinajstić information content (AvgIpc) is 1.00. The molecule has 4 heavy (non-hydrogen) atoms. The van der Waals surface area contributed by atoms with Crippen LogP contribution >= 0.6 is 0 Å². The minimum absolute atomic E-state index is 0. The summed E-state index contributed by atoms with van der Waals surface area (Å²) in [4.78, 5) is 0. The summed E-state index contributed by atoms with van der Waals surface area (Å²) in [6, 6.07) is 0. The number of nitrogens with zero attached hydrogens (tertiary/aromatic N) is 1. The van der Waals surface area contributed by atoms with Gasteiger partial charge in [-0.15, -0.1) is 0 Å². The van der Waals surface area contributed by atoms with Crippen LogP contribution in [-0.2, 0) is 17.1 Å². The van der Waals surface area contributed by atoms with E-state index >= 15 is 0 Å². The monoisotopic (exact) mass is 128 g/mol. The third-order valence-electron chi connectivity index (χ3n) is 0. The van der Waals surface area contributed by atoms with E-state index in [-0.39, 0.29) is 68.5 Å². The van der Waals surface area contributed by atoms with Crippen molar-refractivity contribution in [3.8, 4) is 0 Å². The van der Waals surface area contributed by atoms with Crippen LogP contribution in [0, 0.1) is 11.8 Å². The molecule has 0 aromatic heterocycles. The van der Waals surface area contributed by atoms with E-state index in [0.717, 1.165) is 0 Å². The molecule has 0 rings (SSSR count). The van der Waals surface area contributed by atoms with Gasteiger partial charge < -0.3 is 11.8 Å². The van der Waals surface area contributed by atoms with Gasteiger partial charge in [0.05, 0.1) is 0 Å². The molecule has 0 heterocycles. The van der Waals surface area contributed by atoms with Gasteiger partial charge in [-0.05, 0) is 0 Å². The second-order valence-corrected chi connectivity index (χ2v) is 0. The molecule has 0 aromatic rings. The first-order valence-electron chi connectivity index (χ1n) is 0.224. The van der Waals surface area contributed by atoms with Crippen LogP contribution in [0.25, 0.3) is 0 Å². The second-order valence-electron chi connectivity index (χ2n) is 0. The molecule has 0 saturated carbocycles. The van der Waals surface area contributed by atoms with Crippen molar-refractivity contribution in [3.63, 3.8) is 0 Å². The summed E-state index contributed by atoms with van der Waals surface area (Å²) in [6.45, 7) is 4.75. The van der Waals surface area contributed by atoms with Crippen LogP contribution in [0.5, 0.6) is 0 Å². The van der Waals surface area contributed by atoms with Gasteiger partial charge in [0.15, 0.2) is 0 Å². The van der Waals surface area contributed by atoms with Crippen LogP contribution in [0.3, 0.4) is 0 Å². The zero-order valence-electron chi connectivity index (χ0n) is 2.25. The molecular formula is CCuKN+. The summed E-state index contributed by atoms with van der Waals surface area (Å²) in [7, 11) is 0. The van der Waals surface area contributed by atoms with Crippen LogP contribution in [0.1, 0.15) is 0 Å². The smallest absolute Gasteiger partial charge is 0.512 e. The van der Waals surface area contributed by atoms with Crippen LogP contribution in [0.15, 0.2) is 0 Å². The minimum atomic E-state index is 0. The third kappa shape index (κ3) is 9.42. The quantitative estimate of drug-likeness (QED) is 0.254. The summed E-state index contributed by atoms with van der Waals surface area (Å²) >= 11 is 0. The fraction of sp³-hybridized carbons (Fsp3) is 0. The number of rotatable bonds is 0. The van der Waals surface area contributed by atoms with Crippen molar-refractivity contribution >= 4 is 0 Å². The first-order valence-corrected chi connectivity index (χ1v) is 0.224. The molecule has 0 spiro atoms. The number of hydrogen-bond donors (Lipinski definition) is 0. The van der Waals surface area contributed by atoms with Gasteiger partial charge in [-0.1, -0.05) is 0 Å². The maximum Gasteiger partial charge on any atom is 1.00 e. The van der Waals surface area contributed by atoms with E-state index in [4.69, 9.17) is 11.8 Å². The van der Waals surface area contributed by atoms with Gasteiger partial charge >= 0.3 is 68.5 Å². The maximum absolute atomic E-state index is 6.25. The Morgan fingerprint density at radius 1 is 1.25 bits per heavy atom. The summed E-state index contributed by atoms with van der Waals surface area (Å²) in [5.74, 6) is 0. The molecule has 0 aliphatic rings. The Morgan fingerprint density at radius 3 is 1.25 bits per heavy atom. The molecule has 1 nitrogen and oxygen atoms in total. The second kappa shape index (κ2) is 22.8. The molecule has 0 atom stereocenters. The minimum Gasteiger partial charge on any atom is -0.512 e. The largest absolute Gasteiger partial charge is 1.00 e. The van der Waals surface area contributed by atoms with E-state index in [1.807, 2.05) is 0 Å². The fourth-order valence-electron chi connectivity index (χ4n) is 0. The van der Waals surface area contributed by atoms with Crippen molar-refractivity contribution in [1.29, 1.82) is 5.26 Å². The molecule has 0 saturated heterocycles. The Morgan fingerprint density at radius 2 is 1.25 bits per heavy atom. The van der Waals surface area contributed by atoms with Gasteiger partial charge in [0.25, 0.3) is 0 Å². The molecule has 0 fully saturated rings. The zero-order valence-corrected chi connectivity index (χ0v) is 6.31. The molecule has 3 heteroatoms. The van der Waals surface area contributed by atoms with Gasteiger partial charge in [0, 0.05) is 0 Å². The molecule has 0 bridgehead atoms. The van der Waals surface area contributed by atoms with Gasteiger partial charge in [-0.3, -0.25) is 0 Å². The fourth-order valence-corrected chi connectivity index (χ4v) is 0. The molecule has 0 N–H and O–H groups in total. The van der Waals surface area contributed by atoms with Gasteiger partial charge in [0.2, 0.25) is 0 Å². The third-order valence-corrected chi connectivity index (χ3v) is 0. The Hall–Kier alpha value is 1.65. The molecule has 0 radical (unpaired) electrons. The molecule has 0 aromatic carbocycles. The van der Waals surface area contributed by atoms with E-state index in [9.17, 15) is 0 Å². The van der Waals surface area contributed by atoms with Gasteiger partial charge in [-0.2, -0.15) is 0 Å². The predicted octanol–water partition coefficient (Wildman–Crippen LogP) is -2.90. The number of hydrogen-bond acceptors (Lipinski definition) is 1. The summed E-state index contributed by atoms with van der Waals surface area (Å²) in [5, 5.41) is 6.25. The molecular weight excluding hydrogens is 129 g/mol. The maximum atomic E-state index is 6.25. The standard InChI is InChI=1S/CN.Cu.K/c1-2;;/q-1;2*+1. The molecule has 0 amide bonds. The van der Waals surface area contributed by atoms with Crippen LogP contribution in [-0.4, -0.2) is 0 Å². The Kier molecular flexibility index (Phi) is 99.2. The van der Waals surface area contributed by atoms with Crippen LogP contribution in [0.4, 0.5) is 0 Å². The van der Waals surface area contributed by atoms with Crippen molar-refractivity contribution in [1.82, 2.24) is 0 Å². The van der Waals surface area contributed by atoms with E-state index in [1.165, 1.54) is 0 Å². The van der Waals surface area contributed by atoms with Crippen LogP contribution in [0.2, 0.25) is 0 Å². The van der Waals surface area contributed by atoms with E-state index < -0.39 is 0 Å².